The second kappa shape index (κ2) is 7.29. The quantitative estimate of drug-likeness (QED) is 0.717. The van der Waals surface area contributed by atoms with Gasteiger partial charge in [0.15, 0.2) is 0 Å². The molecule has 1 unspecified atom stereocenters. The van der Waals surface area contributed by atoms with Gasteiger partial charge in [-0.25, -0.2) is 9.97 Å². The van der Waals surface area contributed by atoms with Crippen molar-refractivity contribution in [2.45, 2.75) is 26.0 Å². The molecule has 1 fully saturated rings. The number of hydrogen-bond acceptors (Lipinski definition) is 7. The van der Waals surface area contributed by atoms with Gasteiger partial charge in [-0.3, -0.25) is 4.68 Å². The summed E-state index contributed by atoms with van der Waals surface area (Å²) in [6, 6.07) is 9.14. The zero-order valence-corrected chi connectivity index (χ0v) is 15.4. The van der Waals surface area contributed by atoms with Gasteiger partial charge < -0.3 is 15.1 Å². The summed E-state index contributed by atoms with van der Waals surface area (Å²) in [4.78, 5) is 11.0. The van der Waals surface area contributed by atoms with E-state index in [0.717, 1.165) is 16.7 Å². The number of rotatable bonds is 4. The SMILES string of the molecule is Cc1cc(O)cc(-c2nn(CC#N)cc2-c2ccnc(N3CCC(O)C3)n2)c1. The van der Waals surface area contributed by atoms with E-state index in [1.165, 1.54) is 0 Å². The topological polar surface area (TPSA) is 111 Å². The summed E-state index contributed by atoms with van der Waals surface area (Å²) in [6.45, 7) is 3.23. The van der Waals surface area contributed by atoms with Crippen molar-refractivity contribution in [3.8, 4) is 34.3 Å². The van der Waals surface area contributed by atoms with Crippen LogP contribution in [0.3, 0.4) is 0 Å². The Kier molecular flexibility index (Phi) is 4.67. The molecule has 1 saturated heterocycles. The minimum Gasteiger partial charge on any atom is -0.508 e. The number of hydrogen-bond donors (Lipinski definition) is 2. The molecule has 142 valence electrons. The molecule has 0 amide bonds. The van der Waals surface area contributed by atoms with Crippen LogP contribution in [-0.4, -0.2) is 49.2 Å². The van der Waals surface area contributed by atoms with Crippen LogP contribution in [0, 0.1) is 18.3 Å². The normalized spacial score (nSPS) is 16.3. The lowest BCUT2D eigenvalue weighted by molar-refractivity contribution is 0.198. The highest BCUT2D eigenvalue weighted by Gasteiger charge is 2.23. The Labute approximate surface area is 162 Å². The molecule has 4 rings (SSSR count). The minimum atomic E-state index is -0.364. The fraction of sp³-hybridized carbons (Fsp3) is 0.300. The largest absolute Gasteiger partial charge is 0.508 e. The first-order chi connectivity index (χ1) is 13.5. The van der Waals surface area contributed by atoms with E-state index in [9.17, 15) is 10.2 Å². The first-order valence-electron chi connectivity index (χ1n) is 9.05. The average molecular weight is 376 g/mol. The molecular formula is C20H20N6O2. The molecule has 0 radical (unpaired) electrons. The van der Waals surface area contributed by atoms with Gasteiger partial charge in [-0.05, 0) is 43.2 Å². The number of phenolic OH excluding ortho intramolecular Hbond substituents is 1. The molecule has 1 aliphatic rings. The molecule has 0 bridgehead atoms. The third-order valence-electron chi connectivity index (χ3n) is 4.69. The third-order valence-corrected chi connectivity index (χ3v) is 4.69. The van der Waals surface area contributed by atoms with Crippen LogP contribution in [0.25, 0.3) is 22.5 Å². The Morgan fingerprint density at radius 2 is 2.18 bits per heavy atom. The van der Waals surface area contributed by atoms with Gasteiger partial charge >= 0.3 is 0 Å². The van der Waals surface area contributed by atoms with Crippen LogP contribution in [0.2, 0.25) is 0 Å². The number of aromatic nitrogens is 4. The maximum absolute atomic E-state index is 10.00. The standard InChI is InChI=1S/C20H20N6O2/c1-13-8-14(10-16(28)9-13)19-17(12-26(24-19)7-4-21)18-2-5-22-20(23-18)25-6-3-15(27)11-25/h2,5,8-10,12,15,27-28H,3,6-7,11H2,1H3. The number of nitrogens with zero attached hydrogens (tertiary/aromatic N) is 6. The number of aliphatic hydroxyl groups is 1. The Bertz CT molecular complexity index is 1030. The molecule has 3 aromatic rings. The van der Waals surface area contributed by atoms with E-state index in [-0.39, 0.29) is 18.4 Å². The van der Waals surface area contributed by atoms with Crippen LogP contribution in [0.5, 0.6) is 5.75 Å². The fourth-order valence-corrected chi connectivity index (χ4v) is 3.45. The van der Waals surface area contributed by atoms with Crippen molar-refractivity contribution < 1.29 is 10.2 Å². The summed E-state index contributed by atoms with van der Waals surface area (Å²) < 4.78 is 1.56. The van der Waals surface area contributed by atoms with Crippen LogP contribution >= 0.6 is 0 Å². The van der Waals surface area contributed by atoms with Crippen molar-refractivity contribution in [1.29, 1.82) is 5.26 Å². The lowest BCUT2D eigenvalue weighted by Gasteiger charge is -2.15. The summed E-state index contributed by atoms with van der Waals surface area (Å²) >= 11 is 0. The van der Waals surface area contributed by atoms with Gasteiger partial charge in [0, 0.05) is 36.6 Å². The number of benzene rings is 1. The number of aliphatic hydroxyl groups excluding tert-OH is 1. The van der Waals surface area contributed by atoms with Crippen molar-refractivity contribution in [2.24, 2.45) is 0 Å². The highest BCUT2D eigenvalue weighted by atomic mass is 16.3. The molecule has 28 heavy (non-hydrogen) atoms. The zero-order valence-electron chi connectivity index (χ0n) is 15.4. The van der Waals surface area contributed by atoms with Gasteiger partial charge in [-0.15, -0.1) is 0 Å². The molecule has 1 atom stereocenters. The number of nitriles is 1. The maximum Gasteiger partial charge on any atom is 0.225 e. The predicted molar refractivity (Wildman–Crippen MR) is 104 cm³/mol. The van der Waals surface area contributed by atoms with Crippen LogP contribution < -0.4 is 4.90 Å². The Morgan fingerprint density at radius 1 is 1.32 bits per heavy atom. The highest BCUT2D eigenvalue weighted by molar-refractivity contribution is 5.79. The van der Waals surface area contributed by atoms with Crippen LogP contribution in [0.4, 0.5) is 5.95 Å². The molecule has 0 saturated carbocycles. The van der Waals surface area contributed by atoms with Crippen LogP contribution in [0.1, 0.15) is 12.0 Å². The molecule has 8 heteroatoms. The first-order valence-corrected chi connectivity index (χ1v) is 9.05. The van der Waals surface area contributed by atoms with Gasteiger partial charge in [0.2, 0.25) is 5.95 Å². The average Bonchev–Trinajstić information content (AvgIpc) is 3.28. The maximum atomic E-state index is 10.00. The van der Waals surface area contributed by atoms with Gasteiger partial charge in [0.1, 0.15) is 18.0 Å². The second-order valence-corrected chi connectivity index (χ2v) is 6.93. The highest BCUT2D eigenvalue weighted by Crippen LogP contribution is 2.33. The summed E-state index contributed by atoms with van der Waals surface area (Å²) in [7, 11) is 0. The fourth-order valence-electron chi connectivity index (χ4n) is 3.45. The summed E-state index contributed by atoms with van der Waals surface area (Å²) in [5.41, 5.74) is 3.72. The summed E-state index contributed by atoms with van der Waals surface area (Å²) in [5.74, 6) is 0.713. The monoisotopic (exact) mass is 376 g/mol. The minimum absolute atomic E-state index is 0.112. The van der Waals surface area contributed by atoms with E-state index in [1.54, 1.807) is 35.3 Å². The predicted octanol–water partition coefficient (Wildman–Crippen LogP) is 2.12. The van der Waals surface area contributed by atoms with Gasteiger partial charge in [-0.1, -0.05) is 0 Å². The molecule has 2 aromatic heterocycles. The van der Waals surface area contributed by atoms with Crippen molar-refractivity contribution in [1.82, 2.24) is 19.7 Å². The van der Waals surface area contributed by atoms with Crippen LogP contribution in [-0.2, 0) is 6.54 Å². The smallest absolute Gasteiger partial charge is 0.225 e. The first kappa shape index (κ1) is 17.9. The van der Waals surface area contributed by atoms with Crippen LogP contribution in [0.15, 0.2) is 36.7 Å². The number of anilines is 1. The molecule has 0 aliphatic carbocycles. The molecular weight excluding hydrogens is 356 g/mol. The Balaban J connectivity index is 1.80. The summed E-state index contributed by atoms with van der Waals surface area (Å²) in [5, 5.41) is 33.4. The van der Waals surface area contributed by atoms with E-state index in [0.29, 0.717) is 36.8 Å². The molecule has 1 aliphatic heterocycles. The molecule has 1 aromatic carbocycles. The molecule has 8 nitrogen and oxygen atoms in total. The molecule has 0 spiro atoms. The van der Waals surface area contributed by atoms with Gasteiger partial charge in [0.05, 0.1) is 17.9 Å². The van der Waals surface area contributed by atoms with Crippen molar-refractivity contribution in [2.75, 3.05) is 18.0 Å². The van der Waals surface area contributed by atoms with Crippen molar-refractivity contribution in [3.63, 3.8) is 0 Å². The zero-order chi connectivity index (χ0) is 19.7. The van der Waals surface area contributed by atoms with Gasteiger partial charge in [0.25, 0.3) is 0 Å². The van der Waals surface area contributed by atoms with Crippen molar-refractivity contribution in [3.05, 3.63) is 42.2 Å². The molecule has 3 heterocycles. The lowest BCUT2D eigenvalue weighted by atomic mass is 10.0. The number of aromatic hydroxyl groups is 1. The third kappa shape index (κ3) is 3.52. The Hall–Kier alpha value is -3.44. The number of phenols is 1. The van der Waals surface area contributed by atoms with Gasteiger partial charge in [-0.2, -0.15) is 10.4 Å². The summed E-state index contributed by atoms with van der Waals surface area (Å²) in [6.07, 6.45) is 3.79. The van der Waals surface area contributed by atoms with E-state index < -0.39 is 0 Å². The molecule has 2 N–H and O–H groups in total. The van der Waals surface area contributed by atoms with Crippen molar-refractivity contribution >= 4 is 5.95 Å². The number of β-amino-alcohol motifs (C(OH)–C–C–N with tert-alkyl or cyclic N) is 1. The lowest BCUT2D eigenvalue weighted by Crippen LogP contribution is -2.23. The number of aryl methyl sites for hydroxylation is 1. The Morgan fingerprint density at radius 3 is 2.89 bits per heavy atom. The van der Waals surface area contributed by atoms with E-state index in [4.69, 9.17) is 5.26 Å². The van der Waals surface area contributed by atoms with E-state index >= 15 is 0 Å². The van der Waals surface area contributed by atoms with E-state index in [2.05, 4.69) is 21.1 Å². The van der Waals surface area contributed by atoms with E-state index in [1.807, 2.05) is 17.9 Å². The second-order valence-electron chi connectivity index (χ2n) is 6.93.